The minimum atomic E-state index is -0.465. The Hall–Kier alpha value is -0.810. The highest BCUT2D eigenvalue weighted by atomic mass is 16.6. The van der Waals surface area contributed by atoms with Crippen LogP contribution < -0.4 is 5.32 Å². The Labute approximate surface area is 72.0 Å². The maximum absolute atomic E-state index is 10.6. The van der Waals surface area contributed by atoms with Crippen molar-refractivity contribution in [3.05, 3.63) is 0 Å². The van der Waals surface area contributed by atoms with Crippen molar-refractivity contribution in [3.8, 4) is 0 Å². The van der Waals surface area contributed by atoms with Gasteiger partial charge >= 0.3 is 6.09 Å². The third-order valence-corrected chi connectivity index (χ3v) is 1.29. The molecule has 12 heavy (non-hydrogen) atoms. The van der Waals surface area contributed by atoms with Gasteiger partial charge in [-0.3, -0.25) is 0 Å². The van der Waals surface area contributed by atoms with E-state index in [4.69, 9.17) is 14.2 Å². The van der Waals surface area contributed by atoms with Crippen LogP contribution in [0.15, 0.2) is 0 Å². The summed E-state index contributed by atoms with van der Waals surface area (Å²) in [5.74, 6) is 0. The van der Waals surface area contributed by atoms with E-state index in [1.54, 1.807) is 7.11 Å². The van der Waals surface area contributed by atoms with Gasteiger partial charge in [-0.25, -0.2) is 4.79 Å². The van der Waals surface area contributed by atoms with E-state index in [0.29, 0.717) is 6.61 Å². The van der Waals surface area contributed by atoms with Crippen LogP contribution in [-0.2, 0) is 14.2 Å². The third kappa shape index (κ3) is 4.92. The molecule has 1 atom stereocenters. The van der Waals surface area contributed by atoms with Crippen LogP contribution in [0, 0.1) is 0 Å². The van der Waals surface area contributed by atoms with Crippen LogP contribution >= 0.6 is 0 Å². The molecule has 0 aromatic carbocycles. The second-order valence-corrected chi connectivity index (χ2v) is 2.16. The highest BCUT2D eigenvalue weighted by Gasteiger charge is 2.08. The lowest BCUT2D eigenvalue weighted by Gasteiger charge is -2.13. The normalized spacial score (nSPS) is 12.2. The molecule has 0 aromatic heterocycles. The van der Waals surface area contributed by atoms with Crippen molar-refractivity contribution in [2.75, 3.05) is 34.5 Å². The molecule has 0 bridgehead atoms. The van der Waals surface area contributed by atoms with Gasteiger partial charge in [0.05, 0.1) is 6.61 Å². The SMILES string of the molecule is CNC(=O)OCC(COC)OC. The Morgan fingerprint density at radius 1 is 1.42 bits per heavy atom. The van der Waals surface area contributed by atoms with E-state index in [9.17, 15) is 4.79 Å². The topological polar surface area (TPSA) is 56.8 Å². The van der Waals surface area contributed by atoms with Gasteiger partial charge < -0.3 is 19.5 Å². The van der Waals surface area contributed by atoms with Crippen LogP contribution in [0.25, 0.3) is 0 Å². The summed E-state index contributed by atoms with van der Waals surface area (Å²) < 4.78 is 14.5. The van der Waals surface area contributed by atoms with Crippen molar-refractivity contribution in [2.24, 2.45) is 0 Å². The number of carbonyl (C=O) groups excluding carboxylic acids is 1. The Kier molecular flexibility index (Phi) is 6.41. The summed E-state index contributed by atoms with van der Waals surface area (Å²) in [6.45, 7) is 0.609. The number of ether oxygens (including phenoxy) is 3. The second-order valence-electron chi connectivity index (χ2n) is 2.16. The summed E-state index contributed by atoms with van der Waals surface area (Å²) in [7, 11) is 4.60. The highest BCUT2D eigenvalue weighted by Crippen LogP contribution is 1.92. The minimum Gasteiger partial charge on any atom is -0.447 e. The Morgan fingerprint density at radius 2 is 2.08 bits per heavy atom. The van der Waals surface area contributed by atoms with Crippen LogP contribution in [-0.4, -0.2) is 46.7 Å². The van der Waals surface area contributed by atoms with Crippen LogP contribution in [0.4, 0.5) is 4.79 Å². The van der Waals surface area contributed by atoms with E-state index in [-0.39, 0.29) is 12.7 Å². The third-order valence-electron chi connectivity index (χ3n) is 1.29. The first-order valence-corrected chi connectivity index (χ1v) is 3.60. The van der Waals surface area contributed by atoms with Crippen LogP contribution in [0.5, 0.6) is 0 Å². The van der Waals surface area contributed by atoms with Crippen LogP contribution in [0.3, 0.4) is 0 Å². The monoisotopic (exact) mass is 177 g/mol. The predicted molar refractivity (Wildman–Crippen MR) is 43.1 cm³/mol. The number of amides is 1. The Bertz CT molecular complexity index is 129. The standard InChI is InChI=1S/C7H15NO4/c1-8-7(9)12-5-6(11-3)4-10-2/h6H,4-5H2,1-3H3,(H,8,9). The smallest absolute Gasteiger partial charge is 0.406 e. The fraction of sp³-hybridized carbons (Fsp3) is 0.857. The lowest BCUT2D eigenvalue weighted by Crippen LogP contribution is -2.28. The van der Waals surface area contributed by atoms with Gasteiger partial charge in [0.25, 0.3) is 0 Å². The van der Waals surface area contributed by atoms with E-state index in [2.05, 4.69) is 5.32 Å². The van der Waals surface area contributed by atoms with Crippen molar-refractivity contribution in [3.63, 3.8) is 0 Å². The predicted octanol–water partition coefficient (Wildman–Crippen LogP) is 0.00380. The second kappa shape index (κ2) is 6.87. The molecule has 0 saturated heterocycles. The molecule has 1 unspecified atom stereocenters. The zero-order chi connectivity index (χ0) is 9.40. The Balaban J connectivity index is 3.50. The number of alkyl carbamates (subject to hydrolysis) is 1. The lowest BCUT2D eigenvalue weighted by molar-refractivity contribution is -0.0109. The molecule has 0 rings (SSSR count). The molecule has 0 aromatic rings. The van der Waals surface area contributed by atoms with Gasteiger partial charge in [0, 0.05) is 21.3 Å². The average molecular weight is 177 g/mol. The molecular formula is C7H15NO4. The summed E-state index contributed by atoms with van der Waals surface area (Å²) >= 11 is 0. The van der Waals surface area contributed by atoms with Crippen molar-refractivity contribution >= 4 is 6.09 Å². The van der Waals surface area contributed by atoms with Crippen LogP contribution in [0.1, 0.15) is 0 Å². The molecule has 0 spiro atoms. The van der Waals surface area contributed by atoms with Gasteiger partial charge in [0.1, 0.15) is 12.7 Å². The van der Waals surface area contributed by atoms with Crippen molar-refractivity contribution in [1.29, 1.82) is 0 Å². The van der Waals surface area contributed by atoms with Crippen molar-refractivity contribution in [1.82, 2.24) is 5.32 Å². The maximum atomic E-state index is 10.6. The molecule has 0 heterocycles. The van der Waals surface area contributed by atoms with Gasteiger partial charge in [-0.05, 0) is 0 Å². The fourth-order valence-electron chi connectivity index (χ4n) is 0.611. The first kappa shape index (κ1) is 11.2. The van der Waals surface area contributed by atoms with E-state index in [0.717, 1.165) is 0 Å². The van der Waals surface area contributed by atoms with Crippen molar-refractivity contribution < 1.29 is 19.0 Å². The zero-order valence-electron chi connectivity index (χ0n) is 7.62. The molecule has 1 N–H and O–H groups in total. The first-order chi connectivity index (χ1) is 5.74. The molecule has 0 aliphatic rings. The molecule has 0 saturated carbocycles. The zero-order valence-corrected chi connectivity index (χ0v) is 7.62. The van der Waals surface area contributed by atoms with Gasteiger partial charge in [-0.15, -0.1) is 0 Å². The van der Waals surface area contributed by atoms with Gasteiger partial charge in [0.15, 0.2) is 0 Å². The molecular weight excluding hydrogens is 162 g/mol. The molecule has 0 aliphatic carbocycles. The largest absolute Gasteiger partial charge is 0.447 e. The summed E-state index contributed by atoms with van der Waals surface area (Å²) in [5.41, 5.74) is 0. The number of hydrogen-bond donors (Lipinski definition) is 1. The van der Waals surface area contributed by atoms with E-state index >= 15 is 0 Å². The Morgan fingerprint density at radius 3 is 2.50 bits per heavy atom. The number of methoxy groups -OCH3 is 2. The molecule has 5 heteroatoms. The summed E-state index contributed by atoms with van der Waals surface area (Å²) in [5, 5.41) is 2.33. The first-order valence-electron chi connectivity index (χ1n) is 3.60. The number of hydrogen-bond acceptors (Lipinski definition) is 4. The van der Waals surface area contributed by atoms with E-state index in [1.807, 2.05) is 0 Å². The summed E-state index contributed by atoms with van der Waals surface area (Å²) in [6, 6.07) is 0. The molecule has 0 fully saturated rings. The highest BCUT2D eigenvalue weighted by molar-refractivity contribution is 5.66. The van der Waals surface area contributed by atoms with Gasteiger partial charge in [0.2, 0.25) is 0 Å². The fourth-order valence-corrected chi connectivity index (χ4v) is 0.611. The summed E-state index contributed by atoms with van der Waals surface area (Å²) in [4.78, 5) is 10.6. The molecule has 5 nitrogen and oxygen atoms in total. The van der Waals surface area contributed by atoms with Gasteiger partial charge in [-0.1, -0.05) is 0 Å². The number of nitrogens with one attached hydrogen (secondary N) is 1. The number of carbonyl (C=O) groups is 1. The maximum Gasteiger partial charge on any atom is 0.406 e. The average Bonchev–Trinajstić information content (AvgIpc) is 2.11. The molecule has 0 aliphatic heterocycles. The van der Waals surface area contributed by atoms with E-state index in [1.165, 1.54) is 14.2 Å². The van der Waals surface area contributed by atoms with Gasteiger partial charge in [-0.2, -0.15) is 0 Å². The van der Waals surface area contributed by atoms with E-state index < -0.39 is 6.09 Å². The molecule has 0 radical (unpaired) electrons. The lowest BCUT2D eigenvalue weighted by atomic mass is 10.4. The molecule has 1 amide bonds. The van der Waals surface area contributed by atoms with Crippen molar-refractivity contribution in [2.45, 2.75) is 6.10 Å². The van der Waals surface area contributed by atoms with Crippen LogP contribution in [0.2, 0.25) is 0 Å². The quantitative estimate of drug-likeness (QED) is 0.642. The minimum absolute atomic E-state index is 0.198. The number of rotatable bonds is 5. The molecule has 72 valence electrons. The summed E-state index contributed by atoms with van der Waals surface area (Å²) in [6.07, 6.45) is -0.666.